The van der Waals surface area contributed by atoms with E-state index in [1.807, 2.05) is 0 Å². The molecule has 0 saturated carbocycles. The zero-order valence-electron chi connectivity index (χ0n) is 8.61. The minimum atomic E-state index is -1.40. The van der Waals surface area contributed by atoms with Crippen LogP contribution in [0.2, 0.25) is 5.02 Å². The second kappa shape index (κ2) is 6.00. The van der Waals surface area contributed by atoms with Gasteiger partial charge in [-0.05, 0) is 18.2 Å². The third kappa shape index (κ3) is 4.33. The molecule has 2 amide bonds. The Bertz CT molecular complexity index is 433. The second-order valence-electron chi connectivity index (χ2n) is 3.29. The molecule has 7 heteroatoms. The Morgan fingerprint density at radius 3 is 2.65 bits per heavy atom. The molecule has 0 heterocycles. The number of nitrogens with two attached hydrogens (primary N) is 1. The number of primary amides is 1. The van der Waals surface area contributed by atoms with Crippen molar-refractivity contribution in [3.63, 3.8) is 0 Å². The molecule has 4 N–H and O–H groups in total. The summed E-state index contributed by atoms with van der Waals surface area (Å²) in [7, 11) is 0. The van der Waals surface area contributed by atoms with Crippen LogP contribution < -0.4 is 11.1 Å². The summed E-state index contributed by atoms with van der Waals surface area (Å²) in [5.41, 5.74) is 5.16. The average molecular weight is 322 g/mol. The highest BCUT2D eigenvalue weighted by atomic mass is 79.9. The summed E-state index contributed by atoms with van der Waals surface area (Å²) in [4.78, 5) is 22.2. The molecule has 0 aliphatic rings. The third-order valence-electron chi connectivity index (χ3n) is 1.91. The van der Waals surface area contributed by atoms with E-state index in [2.05, 4.69) is 21.2 Å². The summed E-state index contributed by atoms with van der Waals surface area (Å²) in [5.74, 6) is -1.34. The van der Waals surface area contributed by atoms with Crippen LogP contribution >= 0.6 is 27.5 Å². The monoisotopic (exact) mass is 320 g/mol. The van der Waals surface area contributed by atoms with Gasteiger partial charge >= 0.3 is 0 Å². The number of aliphatic hydroxyl groups is 1. The first-order valence-electron chi connectivity index (χ1n) is 4.62. The molecule has 0 aliphatic carbocycles. The van der Waals surface area contributed by atoms with E-state index in [0.717, 1.165) is 0 Å². The summed E-state index contributed by atoms with van der Waals surface area (Å²) >= 11 is 8.97. The van der Waals surface area contributed by atoms with Crippen LogP contribution in [0.1, 0.15) is 10.4 Å². The van der Waals surface area contributed by atoms with Gasteiger partial charge in [0.1, 0.15) is 6.10 Å². The molecule has 17 heavy (non-hydrogen) atoms. The molecule has 1 rings (SSSR count). The minimum Gasteiger partial charge on any atom is -0.381 e. The Kier molecular flexibility index (Phi) is 4.92. The van der Waals surface area contributed by atoms with Crippen molar-refractivity contribution >= 4 is 39.3 Å². The standard InChI is InChI=1S/C10H10BrClN2O3/c11-6-1-5(2-7(12)3-6)10(17)14-4-8(15)9(13)16/h1-3,8,15H,4H2,(H2,13,16)(H,14,17). The Hall–Kier alpha value is -1.11. The molecule has 0 bridgehead atoms. The summed E-state index contributed by atoms with van der Waals surface area (Å²) in [6, 6.07) is 4.67. The van der Waals surface area contributed by atoms with Crippen LogP contribution in [0.15, 0.2) is 22.7 Å². The number of aliphatic hydroxyl groups excluding tert-OH is 1. The van der Waals surface area contributed by atoms with Crippen molar-refractivity contribution in [1.29, 1.82) is 0 Å². The largest absolute Gasteiger partial charge is 0.381 e. The van der Waals surface area contributed by atoms with Gasteiger partial charge in [-0.1, -0.05) is 27.5 Å². The van der Waals surface area contributed by atoms with Crippen LogP contribution in [0.5, 0.6) is 0 Å². The van der Waals surface area contributed by atoms with Gasteiger partial charge in [0.15, 0.2) is 0 Å². The molecule has 1 aromatic rings. The normalized spacial score (nSPS) is 11.9. The predicted molar refractivity (Wildman–Crippen MR) is 66.7 cm³/mol. The lowest BCUT2D eigenvalue weighted by Gasteiger charge is -2.09. The number of hydrogen-bond donors (Lipinski definition) is 3. The van der Waals surface area contributed by atoms with Gasteiger partial charge in [-0.15, -0.1) is 0 Å². The van der Waals surface area contributed by atoms with Gasteiger partial charge in [-0.3, -0.25) is 9.59 Å². The van der Waals surface area contributed by atoms with Crippen LogP contribution in [0, 0.1) is 0 Å². The zero-order chi connectivity index (χ0) is 13.0. The quantitative estimate of drug-likeness (QED) is 0.761. The van der Waals surface area contributed by atoms with Crippen molar-refractivity contribution in [3.8, 4) is 0 Å². The third-order valence-corrected chi connectivity index (χ3v) is 2.59. The predicted octanol–water partition coefficient (Wildman–Crippen LogP) is 0.679. The smallest absolute Gasteiger partial charge is 0.251 e. The second-order valence-corrected chi connectivity index (χ2v) is 4.64. The van der Waals surface area contributed by atoms with Crippen molar-refractivity contribution in [2.75, 3.05) is 6.54 Å². The number of halogens is 2. The van der Waals surface area contributed by atoms with E-state index in [1.165, 1.54) is 6.07 Å². The molecule has 0 spiro atoms. The number of benzene rings is 1. The first-order valence-corrected chi connectivity index (χ1v) is 5.79. The van der Waals surface area contributed by atoms with E-state index >= 15 is 0 Å². The first-order chi connectivity index (χ1) is 7.90. The zero-order valence-corrected chi connectivity index (χ0v) is 11.0. The topological polar surface area (TPSA) is 92.4 Å². The highest BCUT2D eigenvalue weighted by molar-refractivity contribution is 9.10. The van der Waals surface area contributed by atoms with Gasteiger partial charge in [0.25, 0.3) is 5.91 Å². The molecule has 0 aliphatic heterocycles. The highest BCUT2D eigenvalue weighted by Gasteiger charge is 2.13. The molecule has 0 fully saturated rings. The van der Waals surface area contributed by atoms with E-state index in [4.69, 9.17) is 22.4 Å². The molecule has 0 saturated heterocycles. The molecule has 92 valence electrons. The number of amides is 2. The molecule has 1 aromatic carbocycles. The summed E-state index contributed by atoms with van der Waals surface area (Å²) in [5, 5.41) is 11.9. The van der Waals surface area contributed by atoms with Crippen LogP contribution in [0.3, 0.4) is 0 Å². The molecular formula is C10H10BrClN2O3. The number of carbonyl (C=O) groups excluding carboxylic acids is 2. The maximum absolute atomic E-state index is 11.6. The lowest BCUT2D eigenvalue weighted by atomic mass is 10.2. The number of nitrogens with one attached hydrogen (secondary N) is 1. The maximum atomic E-state index is 11.6. The molecule has 0 radical (unpaired) electrons. The fourth-order valence-electron chi connectivity index (χ4n) is 1.08. The fraction of sp³-hybridized carbons (Fsp3) is 0.200. The SMILES string of the molecule is NC(=O)C(O)CNC(=O)c1cc(Cl)cc(Br)c1. The number of hydrogen-bond acceptors (Lipinski definition) is 3. The Morgan fingerprint density at radius 2 is 2.12 bits per heavy atom. The van der Waals surface area contributed by atoms with Gasteiger partial charge in [-0.25, -0.2) is 0 Å². The molecule has 1 unspecified atom stereocenters. The van der Waals surface area contributed by atoms with E-state index < -0.39 is 17.9 Å². The number of rotatable bonds is 4. The van der Waals surface area contributed by atoms with Crippen molar-refractivity contribution < 1.29 is 14.7 Å². The van der Waals surface area contributed by atoms with Crippen LogP contribution in [-0.2, 0) is 4.79 Å². The van der Waals surface area contributed by atoms with Crippen LogP contribution in [0.4, 0.5) is 0 Å². The average Bonchev–Trinajstić information content (AvgIpc) is 2.23. The minimum absolute atomic E-state index is 0.238. The van der Waals surface area contributed by atoms with Crippen LogP contribution in [-0.4, -0.2) is 29.6 Å². The molecule has 5 nitrogen and oxygen atoms in total. The van der Waals surface area contributed by atoms with Gasteiger partial charge in [0, 0.05) is 15.1 Å². The summed E-state index contributed by atoms with van der Waals surface area (Å²) in [6.07, 6.45) is -1.40. The molecular weight excluding hydrogens is 311 g/mol. The van der Waals surface area contributed by atoms with Gasteiger partial charge < -0.3 is 16.2 Å². The first kappa shape index (κ1) is 14.0. The van der Waals surface area contributed by atoms with Gasteiger partial charge in [-0.2, -0.15) is 0 Å². The van der Waals surface area contributed by atoms with E-state index in [-0.39, 0.29) is 6.54 Å². The molecule has 0 aromatic heterocycles. The van der Waals surface area contributed by atoms with Crippen LogP contribution in [0.25, 0.3) is 0 Å². The van der Waals surface area contributed by atoms with Crippen molar-refractivity contribution in [3.05, 3.63) is 33.3 Å². The Morgan fingerprint density at radius 1 is 1.47 bits per heavy atom. The van der Waals surface area contributed by atoms with E-state index in [1.54, 1.807) is 12.1 Å². The number of carbonyl (C=O) groups is 2. The van der Waals surface area contributed by atoms with Crippen molar-refractivity contribution in [1.82, 2.24) is 5.32 Å². The van der Waals surface area contributed by atoms with Crippen molar-refractivity contribution in [2.45, 2.75) is 6.10 Å². The summed E-state index contributed by atoms with van der Waals surface area (Å²) < 4.78 is 0.658. The highest BCUT2D eigenvalue weighted by Crippen LogP contribution is 2.19. The molecule has 1 atom stereocenters. The Labute approximate surface area is 111 Å². The lowest BCUT2D eigenvalue weighted by molar-refractivity contribution is -0.125. The Balaban J connectivity index is 2.67. The van der Waals surface area contributed by atoms with Crippen molar-refractivity contribution in [2.24, 2.45) is 5.73 Å². The van der Waals surface area contributed by atoms with E-state index in [0.29, 0.717) is 15.1 Å². The van der Waals surface area contributed by atoms with Gasteiger partial charge in [0.2, 0.25) is 5.91 Å². The fourth-order valence-corrected chi connectivity index (χ4v) is 1.94. The maximum Gasteiger partial charge on any atom is 0.251 e. The summed E-state index contributed by atoms with van der Waals surface area (Å²) in [6.45, 7) is -0.238. The van der Waals surface area contributed by atoms with E-state index in [9.17, 15) is 9.59 Å². The lowest BCUT2D eigenvalue weighted by Crippen LogP contribution is -2.39. The van der Waals surface area contributed by atoms with Gasteiger partial charge in [0.05, 0.1) is 6.54 Å².